The van der Waals surface area contributed by atoms with Crippen molar-refractivity contribution in [2.75, 3.05) is 0 Å². The number of nitrogens with one attached hydrogen (secondary N) is 1. The van der Waals surface area contributed by atoms with Gasteiger partial charge in [0.05, 0.1) is 10.0 Å². The summed E-state index contributed by atoms with van der Waals surface area (Å²) < 4.78 is 0. The van der Waals surface area contributed by atoms with Crippen LogP contribution in [0.2, 0.25) is 10.0 Å². The molecule has 2 aromatic rings. The monoisotopic (exact) mass is 328 g/mol. The zero-order valence-corrected chi connectivity index (χ0v) is 13.7. The second-order valence-electron chi connectivity index (χ2n) is 4.74. The summed E-state index contributed by atoms with van der Waals surface area (Å²) in [5, 5.41) is 1.17. The molecule has 0 aliphatic carbocycles. The second-order valence-corrected chi connectivity index (χ2v) is 6.81. The van der Waals surface area contributed by atoms with E-state index in [1.165, 1.54) is 9.75 Å². The molecule has 2 rings (SSSR count). The number of hydrogen-bond donors (Lipinski definition) is 2. The van der Waals surface area contributed by atoms with E-state index in [2.05, 4.69) is 24.5 Å². The van der Waals surface area contributed by atoms with Gasteiger partial charge in [0.25, 0.3) is 0 Å². The average molecular weight is 329 g/mol. The molecule has 0 radical (unpaired) electrons. The first-order chi connectivity index (χ1) is 9.62. The number of rotatable bonds is 6. The normalized spacial score (nSPS) is 12.6. The minimum atomic E-state index is 0.190. The van der Waals surface area contributed by atoms with Crippen LogP contribution in [-0.2, 0) is 19.3 Å². The Morgan fingerprint density at radius 3 is 2.45 bits per heavy atom. The van der Waals surface area contributed by atoms with E-state index in [9.17, 15) is 0 Å². The molecule has 0 aliphatic heterocycles. The molecule has 1 aromatic heterocycles. The molecule has 2 nitrogen and oxygen atoms in total. The molecule has 1 heterocycles. The standard InChI is InChI=1S/C15H18Cl2N2S/c1-2-12-4-5-13(20-12)9-11(19-18)7-10-3-6-14(16)15(17)8-10/h3-6,8,11,19H,2,7,9,18H2,1H3. The molecule has 1 aromatic carbocycles. The van der Waals surface area contributed by atoms with Crippen molar-refractivity contribution in [2.24, 2.45) is 5.84 Å². The van der Waals surface area contributed by atoms with Gasteiger partial charge >= 0.3 is 0 Å². The number of halogens is 2. The average Bonchev–Trinajstić information content (AvgIpc) is 2.90. The summed E-state index contributed by atoms with van der Waals surface area (Å²) >= 11 is 13.8. The van der Waals surface area contributed by atoms with Gasteiger partial charge in [-0.3, -0.25) is 11.3 Å². The van der Waals surface area contributed by atoms with Gasteiger partial charge in [-0.25, -0.2) is 0 Å². The Hall–Kier alpha value is -0.580. The molecule has 0 fully saturated rings. The van der Waals surface area contributed by atoms with Crippen LogP contribution in [0, 0.1) is 0 Å². The quantitative estimate of drug-likeness (QED) is 0.615. The van der Waals surface area contributed by atoms with Crippen LogP contribution in [0.4, 0.5) is 0 Å². The molecule has 0 spiro atoms. The highest BCUT2D eigenvalue weighted by Gasteiger charge is 2.11. The number of hydrazine groups is 1. The molecule has 3 N–H and O–H groups in total. The van der Waals surface area contributed by atoms with Gasteiger partial charge in [0, 0.05) is 15.8 Å². The summed E-state index contributed by atoms with van der Waals surface area (Å²) in [4.78, 5) is 2.76. The first-order valence-electron chi connectivity index (χ1n) is 6.60. The fraction of sp³-hybridized carbons (Fsp3) is 0.333. The maximum absolute atomic E-state index is 6.04. The van der Waals surface area contributed by atoms with E-state index in [-0.39, 0.29) is 6.04 Å². The lowest BCUT2D eigenvalue weighted by atomic mass is 10.0. The van der Waals surface area contributed by atoms with E-state index < -0.39 is 0 Å². The Balaban J connectivity index is 2.02. The molecule has 1 atom stereocenters. The minimum absolute atomic E-state index is 0.190. The molecule has 0 amide bonds. The van der Waals surface area contributed by atoms with E-state index in [0.29, 0.717) is 10.0 Å². The van der Waals surface area contributed by atoms with Crippen LogP contribution in [0.5, 0.6) is 0 Å². The maximum Gasteiger partial charge on any atom is 0.0595 e. The van der Waals surface area contributed by atoms with E-state index in [1.807, 2.05) is 29.5 Å². The van der Waals surface area contributed by atoms with Crippen molar-refractivity contribution in [1.82, 2.24) is 5.43 Å². The molecular weight excluding hydrogens is 311 g/mol. The summed E-state index contributed by atoms with van der Waals surface area (Å²) in [6.07, 6.45) is 2.83. The first-order valence-corrected chi connectivity index (χ1v) is 8.17. The first kappa shape index (κ1) is 15.8. The van der Waals surface area contributed by atoms with E-state index in [0.717, 1.165) is 24.8 Å². The van der Waals surface area contributed by atoms with Crippen molar-refractivity contribution < 1.29 is 0 Å². The summed E-state index contributed by atoms with van der Waals surface area (Å²) in [5.41, 5.74) is 4.02. The van der Waals surface area contributed by atoms with Crippen LogP contribution in [0.1, 0.15) is 22.2 Å². The fourth-order valence-electron chi connectivity index (χ4n) is 2.11. The third kappa shape index (κ3) is 4.21. The SMILES string of the molecule is CCc1ccc(CC(Cc2ccc(Cl)c(Cl)c2)NN)s1. The largest absolute Gasteiger partial charge is 0.271 e. The zero-order chi connectivity index (χ0) is 14.5. The summed E-state index contributed by atoms with van der Waals surface area (Å²) in [6, 6.07) is 10.3. The van der Waals surface area contributed by atoms with Gasteiger partial charge in [0.1, 0.15) is 0 Å². The number of hydrogen-bond acceptors (Lipinski definition) is 3. The Labute approximate surface area is 133 Å². The number of benzene rings is 1. The van der Waals surface area contributed by atoms with E-state index in [1.54, 1.807) is 0 Å². The van der Waals surface area contributed by atoms with Crippen LogP contribution in [0.15, 0.2) is 30.3 Å². The number of nitrogens with two attached hydrogens (primary N) is 1. The fourth-order valence-corrected chi connectivity index (χ4v) is 3.46. The van der Waals surface area contributed by atoms with Gasteiger partial charge in [0.2, 0.25) is 0 Å². The van der Waals surface area contributed by atoms with E-state index in [4.69, 9.17) is 29.0 Å². The summed E-state index contributed by atoms with van der Waals surface area (Å²) in [7, 11) is 0. The van der Waals surface area contributed by atoms with Crippen molar-refractivity contribution in [3.63, 3.8) is 0 Å². The predicted molar refractivity (Wildman–Crippen MR) is 88.7 cm³/mol. The van der Waals surface area contributed by atoms with Crippen LogP contribution in [0.25, 0.3) is 0 Å². The molecule has 5 heteroatoms. The molecule has 0 saturated carbocycles. The van der Waals surface area contributed by atoms with Gasteiger partial charge in [-0.05, 0) is 49.1 Å². The predicted octanol–water partition coefficient (Wildman–Crippen LogP) is 4.23. The smallest absolute Gasteiger partial charge is 0.0595 e. The minimum Gasteiger partial charge on any atom is -0.271 e. The molecule has 0 bridgehead atoms. The van der Waals surface area contributed by atoms with E-state index >= 15 is 0 Å². The Morgan fingerprint density at radius 1 is 1.10 bits per heavy atom. The van der Waals surface area contributed by atoms with Crippen molar-refractivity contribution in [2.45, 2.75) is 32.2 Å². The second kappa shape index (κ2) is 7.43. The van der Waals surface area contributed by atoms with Crippen molar-refractivity contribution in [3.05, 3.63) is 55.7 Å². The molecular formula is C15H18Cl2N2S. The Kier molecular flexibility index (Phi) is 5.87. The molecule has 0 saturated heterocycles. The van der Waals surface area contributed by atoms with Gasteiger partial charge in [0.15, 0.2) is 0 Å². The third-order valence-corrected chi connectivity index (χ3v) is 5.21. The van der Waals surface area contributed by atoms with Crippen molar-refractivity contribution in [3.8, 4) is 0 Å². The van der Waals surface area contributed by atoms with Gasteiger partial charge < -0.3 is 0 Å². The highest BCUT2D eigenvalue weighted by Crippen LogP contribution is 2.24. The molecule has 108 valence electrons. The van der Waals surface area contributed by atoms with Crippen LogP contribution in [-0.4, -0.2) is 6.04 Å². The molecule has 0 aliphatic rings. The molecule has 20 heavy (non-hydrogen) atoms. The highest BCUT2D eigenvalue weighted by atomic mass is 35.5. The van der Waals surface area contributed by atoms with Crippen molar-refractivity contribution in [1.29, 1.82) is 0 Å². The Morgan fingerprint density at radius 2 is 1.85 bits per heavy atom. The summed E-state index contributed by atoms with van der Waals surface area (Å²) in [5.74, 6) is 5.67. The number of thiophene rings is 1. The van der Waals surface area contributed by atoms with Gasteiger partial charge in [-0.2, -0.15) is 0 Å². The lowest BCUT2D eigenvalue weighted by Gasteiger charge is -2.15. The van der Waals surface area contributed by atoms with Gasteiger partial charge in [-0.15, -0.1) is 11.3 Å². The summed E-state index contributed by atoms with van der Waals surface area (Å²) in [6.45, 7) is 2.17. The maximum atomic E-state index is 6.04. The topological polar surface area (TPSA) is 38.0 Å². The Bertz CT molecular complexity index is 569. The lowest BCUT2D eigenvalue weighted by molar-refractivity contribution is 0.526. The highest BCUT2D eigenvalue weighted by molar-refractivity contribution is 7.11. The third-order valence-electron chi connectivity index (χ3n) is 3.22. The number of aryl methyl sites for hydroxylation is 1. The van der Waals surface area contributed by atoms with Crippen LogP contribution >= 0.6 is 34.5 Å². The van der Waals surface area contributed by atoms with Crippen molar-refractivity contribution >= 4 is 34.5 Å². The van der Waals surface area contributed by atoms with Gasteiger partial charge in [-0.1, -0.05) is 36.2 Å². The van der Waals surface area contributed by atoms with Crippen LogP contribution in [0.3, 0.4) is 0 Å². The zero-order valence-electron chi connectivity index (χ0n) is 11.3. The molecule has 1 unspecified atom stereocenters. The lowest BCUT2D eigenvalue weighted by Crippen LogP contribution is -2.38. The van der Waals surface area contributed by atoms with Crippen LogP contribution < -0.4 is 11.3 Å².